The summed E-state index contributed by atoms with van der Waals surface area (Å²) in [5.41, 5.74) is 3.43. The van der Waals surface area contributed by atoms with Gasteiger partial charge in [-0.05, 0) is 61.6 Å². The van der Waals surface area contributed by atoms with Gasteiger partial charge in [-0.15, -0.1) is 0 Å². The second-order valence-corrected chi connectivity index (χ2v) is 6.09. The minimum Gasteiger partial charge on any atom is -0.462 e. The maximum Gasteiger partial charge on any atom is 0.339 e. The van der Waals surface area contributed by atoms with Gasteiger partial charge in [-0.3, -0.25) is 0 Å². The Labute approximate surface area is 128 Å². The molecule has 3 rings (SSSR count). The molecule has 21 heavy (non-hydrogen) atoms. The molecule has 3 nitrogen and oxygen atoms in total. The summed E-state index contributed by atoms with van der Waals surface area (Å²) in [6, 6.07) is 10.3. The molecule has 1 aliphatic carbocycles. The largest absolute Gasteiger partial charge is 0.462 e. The summed E-state index contributed by atoms with van der Waals surface area (Å²) in [5.74, 6) is -0.320. The number of aryl methyl sites for hydroxylation is 2. The number of nitrogens with zero attached hydrogens (tertiary/aromatic N) is 1. The van der Waals surface area contributed by atoms with E-state index in [4.69, 9.17) is 4.74 Å². The van der Waals surface area contributed by atoms with Crippen molar-refractivity contribution in [2.75, 3.05) is 6.61 Å². The van der Waals surface area contributed by atoms with Gasteiger partial charge >= 0.3 is 5.97 Å². The van der Waals surface area contributed by atoms with Crippen molar-refractivity contribution in [1.82, 2.24) is 4.98 Å². The number of esters is 1. The van der Waals surface area contributed by atoms with E-state index in [2.05, 4.69) is 23.2 Å². The Bertz CT molecular complexity index is 652. The summed E-state index contributed by atoms with van der Waals surface area (Å²) in [7, 11) is 0. The highest BCUT2D eigenvalue weighted by Gasteiger charge is 2.12. The molecular weight excluding hydrogens is 282 g/mol. The lowest BCUT2D eigenvalue weighted by Gasteiger charge is -2.05. The third-order valence-corrected chi connectivity index (χ3v) is 4.48. The monoisotopic (exact) mass is 299 g/mol. The zero-order valence-electron chi connectivity index (χ0n) is 12.0. The first kappa shape index (κ1) is 14.1. The van der Waals surface area contributed by atoms with Crippen LogP contribution in [0.15, 0.2) is 46.5 Å². The third kappa shape index (κ3) is 3.27. The minimum absolute atomic E-state index is 0.320. The van der Waals surface area contributed by atoms with E-state index in [1.165, 1.54) is 35.3 Å². The maximum atomic E-state index is 11.6. The summed E-state index contributed by atoms with van der Waals surface area (Å²) in [5, 5.41) is 0.890. The predicted octanol–water partition coefficient (Wildman–Crippen LogP) is 3.90. The van der Waals surface area contributed by atoms with Crippen LogP contribution >= 0.6 is 11.8 Å². The van der Waals surface area contributed by atoms with Gasteiger partial charge in [0.15, 0.2) is 0 Å². The molecule has 0 N–H and O–H groups in total. The minimum atomic E-state index is -0.320. The Kier molecular flexibility index (Phi) is 4.25. The molecular formula is C17H17NO2S. The fourth-order valence-corrected chi connectivity index (χ4v) is 3.33. The number of carbonyl (C=O) groups is 1. The zero-order chi connectivity index (χ0) is 14.7. The highest BCUT2D eigenvalue weighted by Crippen LogP contribution is 2.31. The number of ether oxygens (including phenoxy) is 1. The number of rotatable bonds is 4. The Morgan fingerprint density at radius 3 is 2.86 bits per heavy atom. The fourth-order valence-electron chi connectivity index (χ4n) is 2.51. The van der Waals surface area contributed by atoms with Crippen LogP contribution in [0.4, 0.5) is 0 Å². The first-order valence-corrected chi connectivity index (χ1v) is 8.01. The quantitative estimate of drug-likeness (QED) is 0.803. The van der Waals surface area contributed by atoms with E-state index < -0.39 is 0 Å². The van der Waals surface area contributed by atoms with Gasteiger partial charge in [-0.1, -0.05) is 17.8 Å². The lowest BCUT2D eigenvalue weighted by Crippen LogP contribution is -2.04. The molecule has 108 valence electrons. The van der Waals surface area contributed by atoms with E-state index in [0.717, 1.165) is 5.03 Å². The molecule has 0 fully saturated rings. The first-order valence-electron chi connectivity index (χ1n) is 7.19. The average Bonchev–Trinajstić information content (AvgIpc) is 2.96. The Hall–Kier alpha value is -1.81. The van der Waals surface area contributed by atoms with Crippen molar-refractivity contribution in [2.45, 2.75) is 36.1 Å². The summed E-state index contributed by atoms with van der Waals surface area (Å²) in [6.45, 7) is 2.17. The van der Waals surface area contributed by atoms with Gasteiger partial charge in [0.2, 0.25) is 0 Å². The molecule has 4 heteroatoms. The second-order valence-electron chi connectivity index (χ2n) is 4.99. The number of hydrogen-bond acceptors (Lipinski definition) is 4. The molecule has 0 unspecified atom stereocenters. The molecule has 0 radical (unpaired) electrons. The van der Waals surface area contributed by atoms with Gasteiger partial charge in [0.1, 0.15) is 5.03 Å². The van der Waals surface area contributed by atoms with E-state index in [1.54, 1.807) is 30.9 Å². The molecule has 0 atom stereocenters. The molecule has 1 aromatic carbocycles. The zero-order valence-corrected chi connectivity index (χ0v) is 12.8. The van der Waals surface area contributed by atoms with Gasteiger partial charge in [-0.25, -0.2) is 9.78 Å². The van der Waals surface area contributed by atoms with Gasteiger partial charge < -0.3 is 4.74 Å². The third-order valence-electron chi connectivity index (χ3n) is 3.54. The summed E-state index contributed by atoms with van der Waals surface area (Å²) < 4.78 is 4.95. The van der Waals surface area contributed by atoms with Crippen molar-refractivity contribution in [3.8, 4) is 0 Å². The van der Waals surface area contributed by atoms with Crippen LogP contribution in [0.3, 0.4) is 0 Å². The molecule has 0 aliphatic heterocycles. The van der Waals surface area contributed by atoms with E-state index >= 15 is 0 Å². The van der Waals surface area contributed by atoms with Crippen LogP contribution in [-0.4, -0.2) is 17.6 Å². The van der Waals surface area contributed by atoms with Crippen molar-refractivity contribution < 1.29 is 9.53 Å². The van der Waals surface area contributed by atoms with Gasteiger partial charge in [0, 0.05) is 11.1 Å². The maximum absolute atomic E-state index is 11.6. The first-order chi connectivity index (χ1) is 10.3. The van der Waals surface area contributed by atoms with Gasteiger partial charge in [0.05, 0.1) is 12.2 Å². The van der Waals surface area contributed by atoms with Crippen LogP contribution in [0.5, 0.6) is 0 Å². The van der Waals surface area contributed by atoms with Crippen LogP contribution < -0.4 is 0 Å². The van der Waals surface area contributed by atoms with Crippen LogP contribution in [0.1, 0.15) is 34.8 Å². The molecule has 1 heterocycles. The molecule has 0 saturated heterocycles. The number of pyridine rings is 1. The smallest absolute Gasteiger partial charge is 0.339 e. The number of aromatic nitrogens is 1. The lowest BCUT2D eigenvalue weighted by atomic mass is 10.1. The van der Waals surface area contributed by atoms with Crippen LogP contribution in [0.2, 0.25) is 0 Å². The predicted molar refractivity (Wildman–Crippen MR) is 82.8 cm³/mol. The van der Waals surface area contributed by atoms with Crippen molar-refractivity contribution in [2.24, 2.45) is 0 Å². The van der Waals surface area contributed by atoms with Gasteiger partial charge in [0.25, 0.3) is 0 Å². The fraction of sp³-hybridized carbons (Fsp3) is 0.294. The Morgan fingerprint density at radius 2 is 2.10 bits per heavy atom. The van der Waals surface area contributed by atoms with Gasteiger partial charge in [-0.2, -0.15) is 0 Å². The van der Waals surface area contributed by atoms with E-state index in [9.17, 15) is 4.79 Å². The number of fused-ring (bicyclic) bond motifs is 1. The molecule has 0 amide bonds. The normalized spacial score (nSPS) is 13.0. The van der Waals surface area contributed by atoms with Crippen LogP contribution in [0.25, 0.3) is 0 Å². The van der Waals surface area contributed by atoms with Crippen LogP contribution in [-0.2, 0) is 17.6 Å². The molecule has 1 aliphatic rings. The number of hydrogen-bond donors (Lipinski definition) is 0. The Balaban J connectivity index is 1.72. The van der Waals surface area contributed by atoms with E-state index in [-0.39, 0.29) is 5.97 Å². The van der Waals surface area contributed by atoms with Crippen molar-refractivity contribution in [1.29, 1.82) is 0 Å². The van der Waals surface area contributed by atoms with E-state index in [1.807, 2.05) is 6.07 Å². The molecule has 0 bridgehead atoms. The second kappa shape index (κ2) is 6.31. The average molecular weight is 299 g/mol. The van der Waals surface area contributed by atoms with Crippen molar-refractivity contribution in [3.63, 3.8) is 0 Å². The summed E-state index contributed by atoms with van der Waals surface area (Å²) >= 11 is 1.62. The van der Waals surface area contributed by atoms with Crippen molar-refractivity contribution >= 4 is 17.7 Å². The summed E-state index contributed by atoms with van der Waals surface area (Å²) in [6.07, 6.45) is 5.22. The van der Waals surface area contributed by atoms with Crippen LogP contribution in [0, 0.1) is 0 Å². The molecule has 0 spiro atoms. The number of carbonyl (C=O) groups excluding carboxylic acids is 1. The highest BCUT2D eigenvalue weighted by molar-refractivity contribution is 7.99. The molecule has 1 aromatic heterocycles. The number of benzene rings is 1. The Morgan fingerprint density at radius 1 is 1.24 bits per heavy atom. The van der Waals surface area contributed by atoms with Crippen molar-refractivity contribution in [3.05, 3.63) is 53.2 Å². The highest BCUT2D eigenvalue weighted by atomic mass is 32.2. The summed E-state index contributed by atoms with van der Waals surface area (Å²) in [4.78, 5) is 17.1. The SMILES string of the molecule is CCOC(=O)c1ccc(Sc2ccc3c(c2)CCC3)nc1. The molecule has 0 saturated carbocycles. The topological polar surface area (TPSA) is 39.2 Å². The van der Waals surface area contributed by atoms with E-state index in [0.29, 0.717) is 12.2 Å². The standard InChI is InChI=1S/C17H17NO2S/c1-2-20-17(19)14-7-9-16(18-11-14)21-15-8-6-12-4-3-5-13(12)10-15/h6-11H,2-5H2,1H3. The molecule has 2 aromatic rings. The lowest BCUT2D eigenvalue weighted by molar-refractivity contribution is 0.0525.